The highest BCUT2D eigenvalue weighted by molar-refractivity contribution is 8.00. The van der Waals surface area contributed by atoms with Crippen molar-refractivity contribution in [3.05, 3.63) is 47.3 Å². The Morgan fingerprint density at radius 2 is 1.42 bits per heavy atom. The lowest BCUT2D eigenvalue weighted by atomic mass is 10.2. The van der Waals surface area contributed by atoms with Crippen LogP contribution in [0.1, 0.15) is 0 Å². The molecule has 0 atom stereocenters. The number of halogens is 5. The molecule has 0 aromatic heterocycles. The highest BCUT2D eigenvalue weighted by Crippen LogP contribution is 2.33. The lowest BCUT2D eigenvalue weighted by molar-refractivity contribution is -0.131. The molecular formula is C16H11F5O4S. The summed E-state index contributed by atoms with van der Waals surface area (Å²) in [5.74, 6) is -13.6. The monoisotopic (exact) mass is 394 g/mol. The largest absolute Gasteiger partial charge is 0.493 e. The van der Waals surface area contributed by atoms with Gasteiger partial charge >= 0.3 is 5.97 Å². The third-order valence-electron chi connectivity index (χ3n) is 3.10. The van der Waals surface area contributed by atoms with E-state index in [2.05, 4.69) is 4.74 Å². The number of rotatable bonds is 6. The van der Waals surface area contributed by atoms with E-state index in [4.69, 9.17) is 9.47 Å². The van der Waals surface area contributed by atoms with Crippen LogP contribution in [0.4, 0.5) is 22.0 Å². The van der Waals surface area contributed by atoms with Crippen molar-refractivity contribution >= 4 is 17.7 Å². The van der Waals surface area contributed by atoms with Crippen LogP contribution in [0.3, 0.4) is 0 Å². The fourth-order valence-corrected chi connectivity index (χ4v) is 2.56. The average molecular weight is 394 g/mol. The molecule has 0 unspecified atom stereocenters. The Morgan fingerprint density at radius 1 is 0.885 bits per heavy atom. The van der Waals surface area contributed by atoms with Crippen LogP contribution in [0, 0.1) is 29.1 Å². The van der Waals surface area contributed by atoms with E-state index < -0.39 is 46.6 Å². The molecule has 0 heterocycles. The summed E-state index contributed by atoms with van der Waals surface area (Å²) in [4.78, 5) is 12.2. The number of carbonyl (C=O) groups excluding carboxylic acids is 1. The Kier molecular flexibility index (Phi) is 6.30. The van der Waals surface area contributed by atoms with Gasteiger partial charge in [-0.1, -0.05) is 0 Å². The van der Waals surface area contributed by atoms with E-state index in [0.717, 1.165) is 11.8 Å². The summed E-state index contributed by atoms with van der Waals surface area (Å²) < 4.78 is 80.5. The van der Waals surface area contributed by atoms with Crippen LogP contribution < -0.4 is 14.2 Å². The summed E-state index contributed by atoms with van der Waals surface area (Å²) in [7, 11) is 2.84. The molecule has 0 fully saturated rings. The van der Waals surface area contributed by atoms with Crippen molar-refractivity contribution in [1.82, 2.24) is 0 Å². The lowest BCUT2D eigenvalue weighted by Crippen LogP contribution is -2.15. The van der Waals surface area contributed by atoms with Gasteiger partial charge < -0.3 is 14.2 Å². The summed E-state index contributed by atoms with van der Waals surface area (Å²) in [6, 6.07) is 4.68. The maximum absolute atomic E-state index is 13.5. The molecule has 140 valence electrons. The van der Waals surface area contributed by atoms with E-state index in [-0.39, 0.29) is 0 Å². The van der Waals surface area contributed by atoms with Crippen molar-refractivity contribution in [3.8, 4) is 17.2 Å². The number of hydrogen-bond donors (Lipinski definition) is 0. The minimum Gasteiger partial charge on any atom is -0.493 e. The molecule has 26 heavy (non-hydrogen) atoms. The van der Waals surface area contributed by atoms with Gasteiger partial charge in [-0.25, -0.2) is 13.2 Å². The Balaban J connectivity index is 2.11. The van der Waals surface area contributed by atoms with Crippen molar-refractivity contribution in [2.45, 2.75) is 4.90 Å². The third-order valence-corrected chi connectivity index (χ3v) is 4.06. The van der Waals surface area contributed by atoms with Crippen LogP contribution in [-0.2, 0) is 4.79 Å². The lowest BCUT2D eigenvalue weighted by Gasteiger charge is -2.10. The van der Waals surface area contributed by atoms with Crippen LogP contribution >= 0.6 is 11.8 Å². The number of methoxy groups -OCH3 is 2. The second kappa shape index (κ2) is 8.26. The molecule has 0 aliphatic rings. The molecule has 4 nitrogen and oxygen atoms in total. The van der Waals surface area contributed by atoms with Gasteiger partial charge in [0.25, 0.3) is 0 Å². The van der Waals surface area contributed by atoms with Crippen molar-refractivity contribution in [2.24, 2.45) is 0 Å². The number of ether oxygens (including phenoxy) is 3. The number of thioether (sulfide) groups is 1. The zero-order valence-electron chi connectivity index (χ0n) is 13.4. The van der Waals surface area contributed by atoms with E-state index in [1.165, 1.54) is 20.3 Å². The fraction of sp³-hybridized carbons (Fsp3) is 0.188. The van der Waals surface area contributed by atoms with E-state index in [9.17, 15) is 26.7 Å². The minimum absolute atomic E-state index is 0.380. The van der Waals surface area contributed by atoms with Crippen molar-refractivity contribution in [3.63, 3.8) is 0 Å². The quantitative estimate of drug-likeness (QED) is 0.184. The molecule has 0 radical (unpaired) electrons. The number of benzene rings is 2. The SMILES string of the molecule is COc1ccc(SCC(=O)Oc2c(F)c(F)c(F)c(F)c2F)cc1OC. The minimum atomic E-state index is -2.33. The molecule has 10 heteroatoms. The predicted molar refractivity (Wildman–Crippen MR) is 82.1 cm³/mol. The van der Waals surface area contributed by atoms with E-state index in [0.29, 0.717) is 16.4 Å². The smallest absolute Gasteiger partial charge is 0.321 e. The van der Waals surface area contributed by atoms with Gasteiger partial charge in [-0.3, -0.25) is 4.79 Å². The zero-order valence-corrected chi connectivity index (χ0v) is 14.2. The van der Waals surface area contributed by atoms with E-state index in [1.807, 2.05) is 0 Å². The number of esters is 1. The molecule has 0 aliphatic carbocycles. The van der Waals surface area contributed by atoms with Crippen LogP contribution in [0.25, 0.3) is 0 Å². The first kappa shape index (κ1) is 19.8. The maximum Gasteiger partial charge on any atom is 0.321 e. The molecule has 0 bridgehead atoms. The van der Waals surface area contributed by atoms with Gasteiger partial charge in [0.1, 0.15) is 0 Å². The van der Waals surface area contributed by atoms with Crippen molar-refractivity contribution < 1.29 is 41.0 Å². The molecule has 0 saturated carbocycles. The number of carbonyl (C=O) groups is 1. The van der Waals surface area contributed by atoms with Crippen LogP contribution in [0.15, 0.2) is 23.1 Å². The Labute approximate surface area is 148 Å². The standard InChI is InChI=1S/C16H11F5O4S/c1-23-8-4-3-7(5-9(8)24-2)26-6-10(22)25-16-14(20)12(18)11(17)13(19)15(16)21/h3-5H,6H2,1-2H3. The fourth-order valence-electron chi connectivity index (χ4n) is 1.87. The van der Waals surface area contributed by atoms with E-state index in [1.54, 1.807) is 12.1 Å². The summed E-state index contributed by atoms with van der Waals surface area (Å²) in [5, 5.41) is 0. The molecule has 2 rings (SSSR count). The van der Waals surface area contributed by atoms with Crippen LogP contribution in [0.5, 0.6) is 17.2 Å². The normalized spacial score (nSPS) is 10.6. The average Bonchev–Trinajstić information content (AvgIpc) is 2.66. The van der Waals surface area contributed by atoms with Crippen molar-refractivity contribution in [2.75, 3.05) is 20.0 Å². The maximum atomic E-state index is 13.5. The Bertz CT molecular complexity index is 815. The molecule has 0 aliphatic heterocycles. The first-order valence-corrected chi connectivity index (χ1v) is 7.85. The topological polar surface area (TPSA) is 44.8 Å². The molecule has 2 aromatic rings. The first-order chi connectivity index (χ1) is 12.3. The zero-order chi connectivity index (χ0) is 19.4. The van der Waals surface area contributed by atoms with Gasteiger partial charge in [0.05, 0.1) is 20.0 Å². The van der Waals surface area contributed by atoms with Crippen LogP contribution in [0.2, 0.25) is 0 Å². The van der Waals surface area contributed by atoms with Gasteiger partial charge in [0.15, 0.2) is 11.5 Å². The Morgan fingerprint density at radius 3 is 1.96 bits per heavy atom. The molecular weight excluding hydrogens is 383 g/mol. The molecule has 0 spiro atoms. The van der Waals surface area contributed by atoms with Gasteiger partial charge in [0.2, 0.25) is 34.8 Å². The summed E-state index contributed by atoms with van der Waals surface area (Å²) in [6.45, 7) is 0. The molecule has 0 N–H and O–H groups in total. The summed E-state index contributed by atoms with van der Waals surface area (Å²) >= 11 is 0.903. The predicted octanol–water partition coefficient (Wildman–Crippen LogP) is 4.10. The Hall–Kier alpha value is -2.49. The van der Waals surface area contributed by atoms with E-state index >= 15 is 0 Å². The first-order valence-electron chi connectivity index (χ1n) is 6.87. The van der Waals surface area contributed by atoms with Crippen LogP contribution in [-0.4, -0.2) is 25.9 Å². The second-order valence-corrected chi connectivity index (χ2v) is 5.73. The van der Waals surface area contributed by atoms with Gasteiger partial charge in [-0.05, 0) is 18.2 Å². The summed E-state index contributed by atoms with van der Waals surface area (Å²) in [5.41, 5.74) is 0. The second-order valence-electron chi connectivity index (χ2n) is 4.68. The van der Waals surface area contributed by atoms with Gasteiger partial charge in [-0.15, -0.1) is 11.8 Å². The van der Waals surface area contributed by atoms with Gasteiger partial charge in [-0.2, -0.15) is 8.78 Å². The third kappa shape index (κ3) is 4.01. The molecule has 0 saturated heterocycles. The molecule has 2 aromatic carbocycles. The summed E-state index contributed by atoms with van der Waals surface area (Å²) in [6.07, 6.45) is 0. The molecule has 0 amide bonds. The van der Waals surface area contributed by atoms with Crippen molar-refractivity contribution in [1.29, 1.82) is 0 Å². The number of hydrogen-bond acceptors (Lipinski definition) is 5. The van der Waals surface area contributed by atoms with Gasteiger partial charge in [0, 0.05) is 4.90 Å². The highest BCUT2D eigenvalue weighted by Gasteiger charge is 2.28. The highest BCUT2D eigenvalue weighted by atomic mass is 32.2.